The predicted molar refractivity (Wildman–Crippen MR) is 84.2 cm³/mol. The molecule has 1 aromatic carbocycles. The summed E-state index contributed by atoms with van der Waals surface area (Å²) in [5.74, 6) is -2.42. The van der Waals surface area contributed by atoms with Gasteiger partial charge in [0.1, 0.15) is 5.49 Å². The van der Waals surface area contributed by atoms with Crippen LogP contribution in [0, 0.1) is 10.8 Å². The lowest BCUT2D eigenvalue weighted by Crippen LogP contribution is -2.36. The van der Waals surface area contributed by atoms with Crippen molar-refractivity contribution >= 4 is 5.84 Å². The van der Waals surface area contributed by atoms with Gasteiger partial charge in [-0.1, -0.05) is 24.3 Å². The van der Waals surface area contributed by atoms with E-state index in [0.717, 1.165) is 11.8 Å². The highest BCUT2D eigenvalue weighted by Gasteiger charge is 2.36. The van der Waals surface area contributed by atoms with E-state index in [-0.39, 0.29) is 0 Å². The molecule has 0 unspecified atom stereocenters. The number of alkyl halides is 3. The van der Waals surface area contributed by atoms with E-state index in [4.69, 9.17) is 20.3 Å². The van der Waals surface area contributed by atoms with Gasteiger partial charge in [0.05, 0.1) is 13.2 Å². The molecule has 5 nitrogen and oxygen atoms in total. The molecule has 0 amide bonds. The van der Waals surface area contributed by atoms with E-state index in [1.807, 2.05) is 6.92 Å². The molecule has 2 heterocycles. The average Bonchev–Trinajstić information content (AvgIpc) is 3.02. The van der Waals surface area contributed by atoms with E-state index in [9.17, 15) is 13.2 Å². The summed E-state index contributed by atoms with van der Waals surface area (Å²) in [7, 11) is 0. The molecule has 0 atom stereocenters. The molecule has 2 N–H and O–H groups in total. The van der Waals surface area contributed by atoms with Crippen LogP contribution in [0.2, 0.25) is 0 Å². The molecule has 1 fully saturated rings. The molecule has 2 aromatic rings. The van der Waals surface area contributed by atoms with Crippen molar-refractivity contribution in [3.8, 4) is 11.1 Å². The number of halogens is 3. The zero-order valence-corrected chi connectivity index (χ0v) is 13.4. The predicted octanol–water partition coefficient (Wildman–Crippen LogP) is 3.24. The summed E-state index contributed by atoms with van der Waals surface area (Å²) in [6.07, 6.45) is -3.69. The second-order valence-electron chi connectivity index (χ2n) is 5.74. The minimum atomic E-state index is -4.82. The summed E-state index contributed by atoms with van der Waals surface area (Å²) >= 11 is 0. The maximum Gasteiger partial charge on any atom is 0.449 e. The van der Waals surface area contributed by atoms with Crippen LogP contribution < -0.4 is 5.49 Å². The summed E-state index contributed by atoms with van der Waals surface area (Å²) < 4.78 is 49.9. The lowest BCUT2D eigenvalue weighted by molar-refractivity contribution is -0.149. The smallest absolute Gasteiger partial charge is 0.344 e. The molecule has 1 aromatic heterocycles. The van der Waals surface area contributed by atoms with Crippen LogP contribution in [0.15, 0.2) is 42.6 Å². The fourth-order valence-corrected chi connectivity index (χ4v) is 2.64. The highest BCUT2D eigenvalue weighted by atomic mass is 19.4. The van der Waals surface area contributed by atoms with Gasteiger partial charge in [0.2, 0.25) is 5.84 Å². The summed E-state index contributed by atoms with van der Waals surface area (Å²) in [6, 6.07) is 9.83. The molecule has 25 heavy (non-hydrogen) atoms. The molecule has 0 spiro atoms. The van der Waals surface area contributed by atoms with E-state index >= 15 is 0 Å². The number of rotatable bonds is 2. The van der Waals surface area contributed by atoms with Crippen molar-refractivity contribution in [2.45, 2.75) is 18.9 Å². The van der Waals surface area contributed by atoms with Crippen LogP contribution in [0.5, 0.6) is 0 Å². The first-order chi connectivity index (χ1) is 11.7. The maximum absolute atomic E-state index is 12.8. The molecule has 0 saturated carbocycles. The number of ether oxygens (including phenoxy) is 2. The van der Waals surface area contributed by atoms with Crippen LogP contribution in [0.25, 0.3) is 11.1 Å². The highest BCUT2D eigenvalue weighted by molar-refractivity contribution is 5.87. The third-order valence-electron chi connectivity index (χ3n) is 4.04. The van der Waals surface area contributed by atoms with Crippen molar-refractivity contribution in [3.63, 3.8) is 0 Å². The Labute approximate surface area is 141 Å². The van der Waals surface area contributed by atoms with E-state index in [1.54, 1.807) is 30.3 Å². The van der Waals surface area contributed by atoms with Gasteiger partial charge >= 0.3 is 6.18 Å². The van der Waals surface area contributed by atoms with Crippen LogP contribution in [0.1, 0.15) is 12.5 Å². The lowest BCUT2D eigenvalue weighted by atomic mass is 10.0. The maximum atomic E-state index is 12.8. The Morgan fingerprint density at radius 1 is 1.04 bits per heavy atom. The zero-order valence-electron chi connectivity index (χ0n) is 13.4. The van der Waals surface area contributed by atoms with Gasteiger partial charge < -0.3 is 9.47 Å². The molecule has 0 radical (unpaired) electrons. The van der Waals surface area contributed by atoms with Gasteiger partial charge in [0.25, 0.3) is 0 Å². The summed E-state index contributed by atoms with van der Waals surface area (Å²) in [6.45, 7) is 2.81. The van der Waals surface area contributed by atoms with Gasteiger partial charge in [-0.2, -0.15) is 13.2 Å². The third kappa shape index (κ3) is 3.35. The Hall–Kier alpha value is -2.45. The Bertz CT molecular complexity index is 851. The van der Waals surface area contributed by atoms with Gasteiger partial charge in [-0.25, -0.2) is 0 Å². The van der Waals surface area contributed by atoms with Crippen LogP contribution in [0.3, 0.4) is 0 Å². The van der Waals surface area contributed by atoms with E-state index in [2.05, 4.69) is 0 Å². The zero-order chi connectivity index (χ0) is 18.2. The number of aromatic nitrogens is 1. The van der Waals surface area contributed by atoms with Crippen LogP contribution in [0.4, 0.5) is 13.2 Å². The summed E-state index contributed by atoms with van der Waals surface area (Å²) in [5, 5.41) is 14.8. The Morgan fingerprint density at radius 3 is 2.16 bits per heavy atom. The molecule has 0 aliphatic carbocycles. The summed E-state index contributed by atoms with van der Waals surface area (Å²) in [4.78, 5) is 0. The second kappa shape index (κ2) is 6.12. The fourth-order valence-electron chi connectivity index (χ4n) is 2.64. The Kier molecular flexibility index (Phi) is 4.26. The normalized spacial score (nSPS) is 16.8. The number of benzene rings is 1. The molecule has 8 heteroatoms. The molecule has 132 valence electrons. The number of pyridine rings is 1. The number of nitrogens with one attached hydrogen (secondary N) is 2. The molecule has 0 bridgehead atoms. The molecular formula is C17H16F3N3O2. The topological polar surface area (TPSA) is 71.1 Å². The number of nitrogens with zero attached hydrogens (tertiary/aromatic N) is 1. The first-order valence-corrected chi connectivity index (χ1v) is 7.53. The van der Waals surface area contributed by atoms with E-state index in [0.29, 0.717) is 28.9 Å². The van der Waals surface area contributed by atoms with E-state index < -0.39 is 23.3 Å². The lowest BCUT2D eigenvalue weighted by Gasteiger charge is -2.23. The highest BCUT2D eigenvalue weighted by Crippen LogP contribution is 2.32. The third-order valence-corrected chi connectivity index (χ3v) is 4.04. The van der Waals surface area contributed by atoms with Crippen LogP contribution in [-0.4, -0.2) is 29.8 Å². The molecule has 3 rings (SSSR count). The second-order valence-corrected chi connectivity index (χ2v) is 5.74. The van der Waals surface area contributed by atoms with Crippen molar-refractivity contribution in [3.05, 3.63) is 53.6 Å². The van der Waals surface area contributed by atoms with Gasteiger partial charge in [0, 0.05) is 11.8 Å². The SMILES string of the molecule is CC1(c2ccc(-c3ccc(=N)n(C(=N)C(F)(F)F)c3)cc2)OCCO1. The standard InChI is InChI=1S/C17H16F3N3O2/c1-16(24-8-9-25-16)13-5-2-11(3-6-13)12-4-7-14(21)23(10-12)15(22)17(18,19)20/h2-7,10,21-22H,8-9H2,1H3. The molecular weight excluding hydrogens is 335 g/mol. The monoisotopic (exact) mass is 351 g/mol. The van der Waals surface area contributed by atoms with Crippen molar-refractivity contribution < 1.29 is 22.6 Å². The Morgan fingerprint density at radius 2 is 1.60 bits per heavy atom. The minimum absolute atomic E-state index is 0.414. The van der Waals surface area contributed by atoms with Gasteiger partial charge in [-0.3, -0.25) is 15.4 Å². The average molecular weight is 351 g/mol. The quantitative estimate of drug-likeness (QED) is 0.644. The van der Waals surface area contributed by atoms with Crippen molar-refractivity contribution in [1.29, 1.82) is 10.8 Å². The van der Waals surface area contributed by atoms with Gasteiger partial charge in [0.15, 0.2) is 5.79 Å². The molecule has 1 aliphatic rings. The van der Waals surface area contributed by atoms with E-state index in [1.165, 1.54) is 6.07 Å². The van der Waals surface area contributed by atoms with Gasteiger partial charge in [-0.05, 0) is 30.2 Å². The summed E-state index contributed by atoms with van der Waals surface area (Å²) in [5.41, 5.74) is 1.52. The fraction of sp³-hybridized carbons (Fsp3) is 0.294. The number of hydrogen-bond acceptors (Lipinski definition) is 4. The van der Waals surface area contributed by atoms with Crippen molar-refractivity contribution in [1.82, 2.24) is 4.57 Å². The number of hydrogen-bond donors (Lipinski definition) is 2. The first kappa shape index (κ1) is 17.4. The first-order valence-electron chi connectivity index (χ1n) is 7.53. The Balaban J connectivity index is 1.95. The van der Waals surface area contributed by atoms with Crippen molar-refractivity contribution in [2.24, 2.45) is 0 Å². The van der Waals surface area contributed by atoms with Crippen LogP contribution in [-0.2, 0) is 15.3 Å². The van der Waals surface area contributed by atoms with Gasteiger partial charge in [-0.15, -0.1) is 0 Å². The van der Waals surface area contributed by atoms with Crippen LogP contribution >= 0.6 is 0 Å². The minimum Gasteiger partial charge on any atom is -0.344 e. The molecule has 1 saturated heterocycles. The molecule has 1 aliphatic heterocycles. The largest absolute Gasteiger partial charge is 0.449 e. The van der Waals surface area contributed by atoms with Crippen molar-refractivity contribution in [2.75, 3.05) is 13.2 Å².